The van der Waals surface area contributed by atoms with Crippen LogP contribution < -0.4 is 15.0 Å². The molecule has 0 aromatic carbocycles. The Morgan fingerprint density at radius 3 is 2.46 bits per heavy atom. The highest BCUT2D eigenvalue weighted by Gasteiger charge is 2.43. The average molecular weight is 489 g/mol. The van der Waals surface area contributed by atoms with Crippen LogP contribution in [0.1, 0.15) is 45.0 Å². The summed E-state index contributed by atoms with van der Waals surface area (Å²) in [5.41, 5.74) is 3.33. The van der Waals surface area contributed by atoms with Crippen LogP contribution in [0.5, 0.6) is 5.75 Å². The summed E-state index contributed by atoms with van der Waals surface area (Å²) in [6, 6.07) is 7.68. The van der Waals surface area contributed by atoms with Crippen molar-refractivity contribution in [3.05, 3.63) is 41.9 Å². The molecular weight excluding hydrogens is 457 g/mol. The number of nitrogens with one attached hydrogen (secondary N) is 1. The zero-order valence-corrected chi connectivity index (χ0v) is 20.4. The fourth-order valence-electron chi connectivity index (χ4n) is 5.24. The van der Waals surface area contributed by atoms with Crippen molar-refractivity contribution in [2.45, 2.75) is 58.2 Å². The first-order valence-electron chi connectivity index (χ1n) is 12.0. The zero-order chi connectivity index (χ0) is 25.0. The number of aromatic nitrogens is 4. The maximum absolute atomic E-state index is 12.7. The highest BCUT2D eigenvalue weighted by molar-refractivity contribution is 5.57. The number of hydrogen-bond donors (Lipinski definition) is 1. The molecule has 1 N–H and O–H groups in total. The monoisotopic (exact) mass is 488 g/mol. The molecule has 35 heavy (non-hydrogen) atoms. The number of alkyl halides is 3. The van der Waals surface area contributed by atoms with E-state index >= 15 is 0 Å². The Morgan fingerprint density at radius 2 is 1.80 bits per heavy atom. The lowest BCUT2D eigenvalue weighted by Crippen LogP contribution is -2.48. The Morgan fingerprint density at radius 1 is 1.09 bits per heavy atom. The van der Waals surface area contributed by atoms with Crippen molar-refractivity contribution in [3.8, 4) is 5.75 Å². The van der Waals surface area contributed by atoms with E-state index in [2.05, 4.69) is 58.2 Å². The maximum atomic E-state index is 12.7. The fraction of sp³-hybridized carbons (Fsp3) is 0.560. The van der Waals surface area contributed by atoms with Gasteiger partial charge in [0.15, 0.2) is 18.0 Å². The quantitative estimate of drug-likeness (QED) is 0.545. The summed E-state index contributed by atoms with van der Waals surface area (Å²) in [5.74, 6) is 1.34. The Balaban J connectivity index is 1.33. The van der Waals surface area contributed by atoms with E-state index in [0.29, 0.717) is 17.8 Å². The third kappa shape index (κ3) is 4.88. The van der Waals surface area contributed by atoms with E-state index in [1.807, 2.05) is 13.1 Å². The second kappa shape index (κ2) is 8.57. The summed E-state index contributed by atoms with van der Waals surface area (Å²) in [5, 5.41) is 8.04. The second-order valence-electron chi connectivity index (χ2n) is 10.7. The molecular formula is C25H31F3N6O. The minimum atomic E-state index is -4.42. The van der Waals surface area contributed by atoms with Crippen LogP contribution in [-0.2, 0) is 5.41 Å². The van der Waals surface area contributed by atoms with Crippen LogP contribution >= 0.6 is 0 Å². The number of aryl methyl sites for hydroxylation is 1. The number of rotatable bonds is 5. The van der Waals surface area contributed by atoms with Crippen LogP contribution in [0.3, 0.4) is 0 Å². The maximum Gasteiger partial charge on any atom is 0.422 e. The molecule has 188 valence electrons. The molecule has 3 aromatic heterocycles. The van der Waals surface area contributed by atoms with E-state index in [9.17, 15) is 13.2 Å². The van der Waals surface area contributed by atoms with Gasteiger partial charge < -0.3 is 15.0 Å². The molecule has 1 unspecified atom stereocenters. The molecule has 7 nitrogen and oxygen atoms in total. The standard InChI is InChI=1S/C25H31F3N6O/c1-15-5-8-19(35-14-25(26,27)28)22-31-23(32-34(15)22)30-21-16-6-7-17(21)13-33(12-16)18-9-10-29-20(11-18)24(2,3)4/h5,8-11,16-17,21H,6-7,12-14H2,1-4H3,(H,30,32)/t16-,17?,21-/m0/s1. The van der Waals surface area contributed by atoms with Crippen LogP contribution in [-0.4, -0.2) is 51.5 Å². The van der Waals surface area contributed by atoms with Gasteiger partial charge in [-0.25, -0.2) is 4.52 Å². The van der Waals surface area contributed by atoms with Crippen LogP contribution in [0.2, 0.25) is 0 Å². The van der Waals surface area contributed by atoms with Gasteiger partial charge >= 0.3 is 6.18 Å². The lowest BCUT2D eigenvalue weighted by atomic mass is 9.90. The SMILES string of the molecule is Cc1ccc(OCC(F)(F)F)c2nc(N[C@@H]3C4CC[C@H]3CN(c3ccnc(C(C)(C)C)c3)C4)nn12. The van der Waals surface area contributed by atoms with Gasteiger partial charge in [0.1, 0.15) is 0 Å². The first-order chi connectivity index (χ1) is 16.5. The third-order valence-electron chi connectivity index (χ3n) is 7.04. The number of nitrogens with zero attached hydrogens (tertiary/aromatic N) is 5. The first-order valence-corrected chi connectivity index (χ1v) is 12.0. The number of anilines is 2. The molecule has 1 aliphatic carbocycles. The van der Waals surface area contributed by atoms with E-state index in [0.717, 1.165) is 37.3 Å². The number of piperidine rings is 1. The lowest BCUT2D eigenvalue weighted by molar-refractivity contribution is -0.153. The summed E-state index contributed by atoms with van der Waals surface area (Å²) in [6.07, 6.45) is -0.299. The molecule has 2 bridgehead atoms. The Bertz CT molecular complexity index is 1200. The average Bonchev–Trinajstić information content (AvgIpc) is 3.30. The molecule has 3 aromatic rings. The van der Waals surface area contributed by atoms with Gasteiger partial charge in [-0.2, -0.15) is 18.2 Å². The summed E-state index contributed by atoms with van der Waals surface area (Å²) in [4.78, 5) is 11.5. The normalized spacial score (nSPS) is 22.6. The van der Waals surface area contributed by atoms with Crippen molar-refractivity contribution < 1.29 is 17.9 Å². The molecule has 1 aliphatic heterocycles. The molecule has 5 rings (SSSR count). The smallest absolute Gasteiger partial charge is 0.422 e. The number of ether oxygens (including phenoxy) is 1. The Kier molecular flexibility index (Phi) is 5.80. The van der Waals surface area contributed by atoms with Crippen LogP contribution in [0.15, 0.2) is 30.5 Å². The van der Waals surface area contributed by atoms with Crippen LogP contribution in [0.25, 0.3) is 5.65 Å². The molecule has 1 saturated carbocycles. The van der Waals surface area contributed by atoms with Gasteiger partial charge in [-0.1, -0.05) is 20.8 Å². The highest BCUT2D eigenvalue weighted by atomic mass is 19.4. The number of pyridine rings is 2. The highest BCUT2D eigenvalue weighted by Crippen LogP contribution is 2.40. The van der Waals surface area contributed by atoms with Crippen molar-refractivity contribution in [1.82, 2.24) is 19.6 Å². The van der Waals surface area contributed by atoms with E-state index < -0.39 is 12.8 Å². The van der Waals surface area contributed by atoms with Gasteiger partial charge in [0.2, 0.25) is 5.95 Å². The molecule has 10 heteroatoms. The van der Waals surface area contributed by atoms with Gasteiger partial charge in [0, 0.05) is 47.8 Å². The molecule has 2 aliphatic rings. The molecule has 0 radical (unpaired) electrons. The minimum Gasteiger partial charge on any atom is -0.480 e. The molecule has 3 atom stereocenters. The lowest BCUT2D eigenvalue weighted by Gasteiger charge is -2.39. The largest absolute Gasteiger partial charge is 0.480 e. The summed E-state index contributed by atoms with van der Waals surface area (Å²) in [6.45, 7) is 8.83. The fourth-order valence-corrected chi connectivity index (χ4v) is 5.24. The molecule has 0 amide bonds. The van der Waals surface area contributed by atoms with Gasteiger partial charge in [0.25, 0.3) is 0 Å². The van der Waals surface area contributed by atoms with Crippen molar-refractivity contribution in [3.63, 3.8) is 0 Å². The Labute approximate surface area is 202 Å². The van der Waals surface area contributed by atoms with Gasteiger partial charge in [0.05, 0.1) is 0 Å². The van der Waals surface area contributed by atoms with E-state index in [1.54, 1.807) is 6.07 Å². The van der Waals surface area contributed by atoms with Crippen molar-refractivity contribution in [2.24, 2.45) is 11.8 Å². The van der Waals surface area contributed by atoms with Crippen molar-refractivity contribution in [2.75, 3.05) is 29.9 Å². The van der Waals surface area contributed by atoms with E-state index in [-0.39, 0.29) is 22.9 Å². The van der Waals surface area contributed by atoms with Crippen molar-refractivity contribution in [1.29, 1.82) is 0 Å². The van der Waals surface area contributed by atoms with E-state index in [1.165, 1.54) is 16.3 Å². The zero-order valence-electron chi connectivity index (χ0n) is 20.4. The van der Waals surface area contributed by atoms with Crippen LogP contribution in [0, 0.1) is 18.8 Å². The summed E-state index contributed by atoms with van der Waals surface area (Å²) < 4.78 is 44.6. The first kappa shape index (κ1) is 23.7. The topological polar surface area (TPSA) is 67.6 Å². The third-order valence-corrected chi connectivity index (χ3v) is 7.04. The molecule has 1 saturated heterocycles. The number of fused-ring (bicyclic) bond motifs is 3. The van der Waals surface area contributed by atoms with Gasteiger partial charge in [-0.3, -0.25) is 4.98 Å². The molecule has 4 heterocycles. The van der Waals surface area contributed by atoms with E-state index in [4.69, 9.17) is 4.74 Å². The van der Waals surface area contributed by atoms with Crippen molar-refractivity contribution >= 4 is 17.3 Å². The predicted molar refractivity (Wildman–Crippen MR) is 128 cm³/mol. The Hall–Kier alpha value is -3.04. The predicted octanol–water partition coefficient (Wildman–Crippen LogP) is 5.00. The number of halogens is 3. The number of hydrogen-bond acceptors (Lipinski definition) is 6. The molecule has 0 spiro atoms. The minimum absolute atomic E-state index is 0.00946. The summed E-state index contributed by atoms with van der Waals surface area (Å²) >= 11 is 0. The molecule has 2 fully saturated rings. The summed E-state index contributed by atoms with van der Waals surface area (Å²) in [7, 11) is 0. The van der Waals surface area contributed by atoms with Crippen LogP contribution in [0.4, 0.5) is 24.8 Å². The second-order valence-corrected chi connectivity index (χ2v) is 10.7. The van der Waals surface area contributed by atoms with Gasteiger partial charge in [-0.05, 0) is 55.9 Å². The van der Waals surface area contributed by atoms with Gasteiger partial charge in [-0.15, -0.1) is 5.10 Å².